The molecule has 2 amide bonds. The molecule has 0 fully saturated rings. The first-order chi connectivity index (χ1) is 6.11. The van der Waals surface area contributed by atoms with Crippen molar-refractivity contribution in [2.45, 2.75) is 0 Å². The monoisotopic (exact) mass is 259 g/mol. The van der Waals surface area contributed by atoms with E-state index in [2.05, 4.69) is 21.2 Å². The highest BCUT2D eigenvalue weighted by Crippen LogP contribution is 2.31. The molecule has 0 radical (unpaired) electrons. The van der Waals surface area contributed by atoms with Crippen LogP contribution in [0.4, 0.5) is 0 Å². The van der Waals surface area contributed by atoms with Crippen molar-refractivity contribution in [1.29, 1.82) is 0 Å². The number of rotatable bonds is 0. The lowest BCUT2D eigenvalue weighted by Gasteiger charge is -1.99. The first-order valence-electron chi connectivity index (χ1n) is 3.45. The summed E-state index contributed by atoms with van der Waals surface area (Å²) in [5.41, 5.74) is 0.679. The van der Waals surface area contributed by atoms with Crippen molar-refractivity contribution >= 4 is 39.3 Å². The van der Waals surface area contributed by atoms with E-state index in [1.54, 1.807) is 6.07 Å². The molecule has 0 aliphatic carbocycles. The van der Waals surface area contributed by atoms with Crippen LogP contribution in [0.15, 0.2) is 16.6 Å². The van der Waals surface area contributed by atoms with Gasteiger partial charge in [-0.3, -0.25) is 14.9 Å². The zero-order valence-electron chi connectivity index (χ0n) is 6.23. The second kappa shape index (κ2) is 2.82. The van der Waals surface area contributed by atoms with Crippen molar-refractivity contribution in [3.05, 3.63) is 32.8 Å². The van der Waals surface area contributed by atoms with E-state index in [9.17, 15) is 9.59 Å². The SMILES string of the molecule is O=C1NC(=O)c2c1ccc(Cl)c2Br. The molecule has 1 heterocycles. The maximum absolute atomic E-state index is 11.2. The molecule has 0 aromatic heterocycles. The van der Waals surface area contributed by atoms with Crippen LogP contribution < -0.4 is 5.32 Å². The zero-order valence-corrected chi connectivity index (χ0v) is 8.57. The summed E-state index contributed by atoms with van der Waals surface area (Å²) in [5.74, 6) is -0.785. The minimum atomic E-state index is -0.408. The summed E-state index contributed by atoms with van der Waals surface area (Å²) in [6.07, 6.45) is 0. The Labute approximate surface area is 87.2 Å². The fourth-order valence-corrected chi connectivity index (χ4v) is 1.88. The summed E-state index contributed by atoms with van der Waals surface area (Å²) in [6.45, 7) is 0. The summed E-state index contributed by atoms with van der Waals surface area (Å²) in [4.78, 5) is 22.4. The van der Waals surface area contributed by atoms with Crippen LogP contribution in [0.5, 0.6) is 0 Å². The Morgan fingerprint density at radius 1 is 1.23 bits per heavy atom. The Hall–Kier alpha value is -0.870. The quantitative estimate of drug-likeness (QED) is 0.725. The lowest BCUT2D eigenvalue weighted by Crippen LogP contribution is -2.20. The van der Waals surface area contributed by atoms with Crippen LogP contribution in [0, 0.1) is 0 Å². The van der Waals surface area contributed by atoms with Crippen molar-refractivity contribution in [2.24, 2.45) is 0 Å². The highest BCUT2D eigenvalue weighted by Gasteiger charge is 2.29. The molecule has 3 nitrogen and oxygen atoms in total. The second-order valence-corrected chi connectivity index (χ2v) is 3.77. The van der Waals surface area contributed by atoms with Crippen LogP contribution in [-0.2, 0) is 0 Å². The molecule has 1 aliphatic rings. The Morgan fingerprint density at radius 3 is 2.62 bits per heavy atom. The van der Waals surface area contributed by atoms with Crippen molar-refractivity contribution < 1.29 is 9.59 Å². The average Bonchev–Trinajstić information content (AvgIpc) is 2.35. The van der Waals surface area contributed by atoms with Crippen LogP contribution in [0.1, 0.15) is 20.7 Å². The summed E-state index contributed by atoms with van der Waals surface area (Å²) >= 11 is 8.92. The van der Waals surface area contributed by atoms with Crippen molar-refractivity contribution in [3.63, 3.8) is 0 Å². The molecule has 0 spiro atoms. The molecule has 1 aliphatic heterocycles. The van der Waals surface area contributed by atoms with Gasteiger partial charge in [0, 0.05) is 4.47 Å². The Morgan fingerprint density at radius 2 is 1.92 bits per heavy atom. The molecule has 0 atom stereocenters. The van der Waals surface area contributed by atoms with E-state index in [4.69, 9.17) is 11.6 Å². The van der Waals surface area contributed by atoms with Gasteiger partial charge in [0.2, 0.25) is 0 Å². The number of carbonyl (C=O) groups is 2. The summed E-state index contributed by atoms with van der Waals surface area (Å²) in [5, 5.41) is 2.60. The van der Waals surface area contributed by atoms with Gasteiger partial charge >= 0.3 is 0 Å². The van der Waals surface area contributed by atoms with E-state index < -0.39 is 5.91 Å². The molecular weight excluding hydrogens is 257 g/mol. The Bertz CT molecular complexity index is 430. The molecule has 5 heteroatoms. The van der Waals surface area contributed by atoms with Gasteiger partial charge < -0.3 is 0 Å². The predicted molar refractivity (Wildman–Crippen MR) is 50.9 cm³/mol. The van der Waals surface area contributed by atoms with E-state index in [1.165, 1.54) is 6.07 Å². The van der Waals surface area contributed by atoms with E-state index in [-0.39, 0.29) is 5.91 Å². The topological polar surface area (TPSA) is 46.2 Å². The van der Waals surface area contributed by atoms with Gasteiger partial charge in [0.05, 0.1) is 16.1 Å². The standard InChI is InChI=1S/C8H3BrClNO2/c9-6-4(10)2-1-3-5(6)8(13)11-7(3)12/h1-2H,(H,11,12,13). The van der Waals surface area contributed by atoms with Gasteiger partial charge in [-0.15, -0.1) is 0 Å². The maximum atomic E-state index is 11.2. The number of carbonyl (C=O) groups excluding carboxylic acids is 2. The van der Waals surface area contributed by atoms with Crippen LogP contribution in [-0.4, -0.2) is 11.8 Å². The Kier molecular flexibility index (Phi) is 1.89. The number of imide groups is 1. The fourth-order valence-electron chi connectivity index (χ4n) is 1.19. The third-order valence-electron chi connectivity index (χ3n) is 1.79. The molecule has 0 saturated heterocycles. The van der Waals surface area contributed by atoms with Crippen LogP contribution >= 0.6 is 27.5 Å². The molecule has 1 N–H and O–H groups in total. The smallest absolute Gasteiger partial charge is 0.260 e. The summed E-state index contributed by atoms with van der Waals surface area (Å²) in [7, 11) is 0. The van der Waals surface area contributed by atoms with Crippen LogP contribution in [0.2, 0.25) is 5.02 Å². The van der Waals surface area contributed by atoms with Gasteiger partial charge in [-0.2, -0.15) is 0 Å². The van der Waals surface area contributed by atoms with Crippen molar-refractivity contribution in [3.8, 4) is 0 Å². The van der Waals surface area contributed by atoms with Gasteiger partial charge in [0.25, 0.3) is 11.8 Å². The highest BCUT2D eigenvalue weighted by atomic mass is 79.9. The largest absolute Gasteiger partial charge is 0.288 e. The molecule has 66 valence electrons. The third kappa shape index (κ3) is 1.17. The maximum Gasteiger partial charge on any atom is 0.260 e. The number of benzene rings is 1. The van der Waals surface area contributed by atoms with E-state index >= 15 is 0 Å². The first kappa shape index (κ1) is 8.72. The van der Waals surface area contributed by atoms with Gasteiger partial charge in [-0.25, -0.2) is 0 Å². The van der Waals surface area contributed by atoms with E-state index in [0.29, 0.717) is 20.6 Å². The zero-order chi connectivity index (χ0) is 9.59. The molecule has 0 unspecified atom stereocenters. The lowest BCUT2D eigenvalue weighted by atomic mass is 10.1. The number of hydrogen-bond acceptors (Lipinski definition) is 2. The molecule has 13 heavy (non-hydrogen) atoms. The first-order valence-corrected chi connectivity index (χ1v) is 4.62. The van der Waals surface area contributed by atoms with Gasteiger partial charge in [0.1, 0.15) is 0 Å². The van der Waals surface area contributed by atoms with Crippen LogP contribution in [0.3, 0.4) is 0 Å². The summed E-state index contributed by atoms with van der Waals surface area (Å²) < 4.78 is 0.468. The van der Waals surface area contributed by atoms with Gasteiger partial charge in [-0.1, -0.05) is 11.6 Å². The lowest BCUT2D eigenvalue weighted by molar-refractivity contribution is 0.0879. The molecule has 0 bridgehead atoms. The number of hydrogen-bond donors (Lipinski definition) is 1. The minimum absolute atomic E-state index is 0.317. The highest BCUT2D eigenvalue weighted by molar-refractivity contribution is 9.10. The molecular formula is C8H3BrClNO2. The number of halogens is 2. The molecule has 0 saturated carbocycles. The predicted octanol–water partition coefficient (Wildman–Crippen LogP) is 1.99. The number of fused-ring (bicyclic) bond motifs is 1. The molecule has 1 aromatic carbocycles. The normalized spacial score (nSPS) is 14.3. The van der Waals surface area contributed by atoms with Gasteiger partial charge in [-0.05, 0) is 28.1 Å². The fraction of sp³-hybridized carbons (Fsp3) is 0. The van der Waals surface area contributed by atoms with Crippen molar-refractivity contribution in [1.82, 2.24) is 5.32 Å². The summed E-state index contributed by atoms with van der Waals surface area (Å²) in [6, 6.07) is 3.10. The minimum Gasteiger partial charge on any atom is -0.288 e. The molecule has 1 aromatic rings. The number of amides is 2. The second-order valence-electron chi connectivity index (χ2n) is 2.57. The number of nitrogens with one attached hydrogen (secondary N) is 1. The van der Waals surface area contributed by atoms with E-state index in [0.717, 1.165) is 0 Å². The van der Waals surface area contributed by atoms with E-state index in [1.807, 2.05) is 0 Å². The third-order valence-corrected chi connectivity index (χ3v) is 3.16. The van der Waals surface area contributed by atoms with Gasteiger partial charge in [0.15, 0.2) is 0 Å². The van der Waals surface area contributed by atoms with Crippen LogP contribution in [0.25, 0.3) is 0 Å². The molecule has 2 rings (SSSR count). The average molecular weight is 260 g/mol. The Balaban J connectivity index is 2.78. The van der Waals surface area contributed by atoms with Crippen molar-refractivity contribution in [2.75, 3.05) is 0 Å².